The molecule has 3 aromatic heterocycles. The van der Waals surface area contributed by atoms with Crippen LogP contribution in [-0.4, -0.2) is 13.9 Å². The van der Waals surface area contributed by atoms with Crippen molar-refractivity contribution in [1.29, 1.82) is 0 Å². The summed E-state index contributed by atoms with van der Waals surface area (Å²) in [5.74, 6) is 0.762. The maximum Gasteiger partial charge on any atom is 0.174 e. The highest BCUT2D eigenvalue weighted by atomic mass is 32.1. The first-order valence-electron chi connectivity index (χ1n) is 15.7. The van der Waals surface area contributed by atoms with Gasteiger partial charge in [0.05, 0.1) is 11.0 Å². The van der Waals surface area contributed by atoms with Crippen LogP contribution in [0.4, 0.5) is 0 Å². The summed E-state index contributed by atoms with van der Waals surface area (Å²) in [6, 6.07) is 53.5. The van der Waals surface area contributed by atoms with Crippen LogP contribution in [-0.2, 0) is 0 Å². The maximum absolute atomic E-state index is 6.21. The molecule has 0 N–H and O–H groups in total. The molecule has 0 saturated heterocycles. The summed E-state index contributed by atoms with van der Waals surface area (Å²) in [5.41, 5.74) is 9.63. The number of para-hydroxylation sites is 2. The van der Waals surface area contributed by atoms with Gasteiger partial charge in [-0.15, -0.1) is 0 Å². The molecule has 3 heterocycles. The molecule has 0 unspecified atom stereocenters. The fraction of sp³-hybridized carbons (Fsp3) is 0. The van der Waals surface area contributed by atoms with Gasteiger partial charge in [0.1, 0.15) is 16.2 Å². The van der Waals surface area contributed by atoms with Crippen molar-refractivity contribution in [2.75, 3.05) is 0 Å². The second-order valence-electron chi connectivity index (χ2n) is 11.9. The van der Waals surface area contributed by atoms with Crippen LogP contribution < -0.4 is 0 Å². The van der Waals surface area contributed by atoms with Gasteiger partial charge in [-0.05, 0) is 82.0 Å². The van der Waals surface area contributed by atoms with Crippen molar-refractivity contribution in [3.05, 3.63) is 152 Å². The van der Waals surface area contributed by atoms with Crippen LogP contribution in [0.2, 0.25) is 0 Å². The van der Waals surface area contributed by atoms with E-state index in [1.165, 1.54) is 33.2 Å². The summed E-state index contributed by atoms with van der Waals surface area (Å²) < 4.78 is 13.4. The van der Waals surface area contributed by atoms with Crippen molar-refractivity contribution in [2.45, 2.75) is 0 Å². The molecule has 0 amide bonds. The smallest absolute Gasteiger partial charge is 0.174 e. The number of hydrogen-bond donors (Lipinski definition) is 0. The van der Waals surface area contributed by atoms with E-state index in [0.29, 0.717) is 0 Å². The van der Waals surface area contributed by atoms with Crippen LogP contribution in [0.3, 0.4) is 0 Å². The van der Waals surface area contributed by atoms with E-state index in [1.807, 2.05) is 12.1 Å². The number of hydrogen-bond acceptors (Lipinski definition) is 4. The molecule has 47 heavy (non-hydrogen) atoms. The molecule has 0 aliphatic rings. The normalized spacial score (nSPS) is 11.8. The molecule has 5 heteroatoms. The molecular weight excluding hydrogens is 595 g/mol. The van der Waals surface area contributed by atoms with E-state index in [0.717, 1.165) is 71.6 Å². The van der Waals surface area contributed by atoms with E-state index in [9.17, 15) is 0 Å². The molecule has 10 rings (SSSR count). The highest BCUT2D eigenvalue weighted by Gasteiger charge is 2.16. The van der Waals surface area contributed by atoms with Gasteiger partial charge in [-0.25, -0.2) is 4.98 Å². The number of rotatable bonds is 4. The van der Waals surface area contributed by atoms with Crippen LogP contribution in [0.25, 0.3) is 93.3 Å². The van der Waals surface area contributed by atoms with E-state index in [2.05, 4.69) is 144 Å². The van der Waals surface area contributed by atoms with Crippen molar-refractivity contribution in [3.63, 3.8) is 0 Å². The molecule has 0 aliphatic heterocycles. The third-order valence-corrected chi connectivity index (χ3v) is 9.96. The summed E-state index contributed by atoms with van der Waals surface area (Å²) >= 11 is 1.44. The number of fused-ring (bicyclic) bond motifs is 7. The Balaban J connectivity index is 1.08. The number of nitrogens with zero attached hydrogens (tertiary/aromatic N) is 3. The van der Waals surface area contributed by atoms with Gasteiger partial charge in [0, 0.05) is 38.4 Å². The lowest BCUT2D eigenvalue weighted by molar-refractivity contribution is 0.669. The minimum absolute atomic E-state index is 0.762. The van der Waals surface area contributed by atoms with E-state index >= 15 is 0 Å². The standard InChI is InChI=1S/C42H25N3OS/c1-2-13-31-26(9-1)10-8-16-35(31)41-43-42(47-44-41)29-11-7-12-30(23-29)45-37-17-5-3-14-32(37)36-24-27(20-22-38(36)45)28-19-21-34-33-15-4-6-18-39(33)46-40(34)25-28/h1-25H. The van der Waals surface area contributed by atoms with E-state index in [-0.39, 0.29) is 0 Å². The molecule has 0 radical (unpaired) electrons. The Kier molecular flexibility index (Phi) is 5.71. The Morgan fingerprint density at radius 2 is 1.21 bits per heavy atom. The van der Waals surface area contributed by atoms with Gasteiger partial charge in [-0.2, -0.15) is 4.37 Å². The average molecular weight is 620 g/mol. The van der Waals surface area contributed by atoms with Gasteiger partial charge in [-0.1, -0.05) is 103 Å². The van der Waals surface area contributed by atoms with Crippen LogP contribution in [0.15, 0.2) is 156 Å². The van der Waals surface area contributed by atoms with Gasteiger partial charge >= 0.3 is 0 Å². The van der Waals surface area contributed by atoms with Crippen molar-refractivity contribution in [2.24, 2.45) is 0 Å². The Morgan fingerprint density at radius 1 is 0.489 bits per heavy atom. The molecule has 0 atom stereocenters. The summed E-state index contributed by atoms with van der Waals surface area (Å²) in [4.78, 5) is 5.02. The highest BCUT2D eigenvalue weighted by molar-refractivity contribution is 7.09. The molecule has 0 bridgehead atoms. The molecule has 220 valence electrons. The summed E-state index contributed by atoms with van der Waals surface area (Å²) in [6.07, 6.45) is 0. The van der Waals surface area contributed by atoms with Crippen LogP contribution in [0, 0.1) is 0 Å². The van der Waals surface area contributed by atoms with Gasteiger partial charge in [0.2, 0.25) is 0 Å². The van der Waals surface area contributed by atoms with Gasteiger partial charge in [-0.3, -0.25) is 0 Å². The SMILES string of the molecule is c1cc(-c2nc(-c3cccc4ccccc34)ns2)cc(-n2c3ccccc3c3cc(-c4ccc5c(c4)oc4ccccc45)ccc32)c1. The Bertz CT molecular complexity index is 2820. The fourth-order valence-corrected chi connectivity index (χ4v) is 7.66. The van der Waals surface area contributed by atoms with Gasteiger partial charge < -0.3 is 8.98 Å². The lowest BCUT2D eigenvalue weighted by atomic mass is 10.0. The Morgan fingerprint density at radius 3 is 2.17 bits per heavy atom. The zero-order chi connectivity index (χ0) is 30.9. The van der Waals surface area contributed by atoms with Crippen molar-refractivity contribution >= 4 is 66.0 Å². The largest absolute Gasteiger partial charge is 0.456 e. The van der Waals surface area contributed by atoms with Crippen LogP contribution in [0.1, 0.15) is 0 Å². The lowest BCUT2D eigenvalue weighted by Crippen LogP contribution is -1.94. The van der Waals surface area contributed by atoms with Crippen molar-refractivity contribution in [3.8, 4) is 38.8 Å². The predicted octanol–water partition coefficient (Wildman–Crippen LogP) is 11.7. The third-order valence-electron chi connectivity index (χ3n) is 9.19. The second kappa shape index (κ2) is 10.2. The van der Waals surface area contributed by atoms with Gasteiger partial charge in [0.25, 0.3) is 0 Å². The molecule has 0 spiro atoms. The van der Waals surface area contributed by atoms with Crippen molar-refractivity contribution < 1.29 is 4.42 Å². The van der Waals surface area contributed by atoms with E-state index in [1.54, 1.807) is 0 Å². The molecular formula is C42H25N3OS. The first-order chi connectivity index (χ1) is 23.3. The maximum atomic E-state index is 6.21. The monoisotopic (exact) mass is 619 g/mol. The summed E-state index contributed by atoms with van der Waals surface area (Å²) in [6.45, 7) is 0. The average Bonchev–Trinajstić information content (AvgIpc) is 3.85. The zero-order valence-electron chi connectivity index (χ0n) is 25.1. The topological polar surface area (TPSA) is 43.9 Å². The number of aromatic nitrogens is 3. The first kappa shape index (κ1) is 26.2. The molecule has 0 saturated carbocycles. The molecule has 4 nitrogen and oxygen atoms in total. The quantitative estimate of drug-likeness (QED) is 0.197. The predicted molar refractivity (Wildman–Crippen MR) is 195 cm³/mol. The number of furan rings is 1. The third kappa shape index (κ3) is 4.14. The minimum atomic E-state index is 0.762. The van der Waals surface area contributed by atoms with Crippen molar-refractivity contribution in [1.82, 2.24) is 13.9 Å². The Hall–Kier alpha value is -6.04. The van der Waals surface area contributed by atoms with Crippen LogP contribution in [0.5, 0.6) is 0 Å². The van der Waals surface area contributed by atoms with E-state index < -0.39 is 0 Å². The number of benzene rings is 7. The second-order valence-corrected chi connectivity index (χ2v) is 12.6. The van der Waals surface area contributed by atoms with Gasteiger partial charge in [0.15, 0.2) is 5.82 Å². The fourth-order valence-electron chi connectivity index (χ4n) is 6.98. The summed E-state index contributed by atoms with van der Waals surface area (Å²) in [7, 11) is 0. The minimum Gasteiger partial charge on any atom is -0.456 e. The zero-order valence-corrected chi connectivity index (χ0v) is 25.9. The Labute approximate surface area is 274 Å². The van der Waals surface area contributed by atoms with Crippen LogP contribution >= 0.6 is 11.5 Å². The highest BCUT2D eigenvalue weighted by Crippen LogP contribution is 2.38. The molecule has 7 aromatic carbocycles. The molecule has 0 aliphatic carbocycles. The summed E-state index contributed by atoms with van der Waals surface area (Å²) in [5, 5.41) is 7.97. The molecule has 0 fully saturated rings. The lowest BCUT2D eigenvalue weighted by Gasteiger charge is -2.10. The molecule has 10 aromatic rings. The van der Waals surface area contributed by atoms with E-state index in [4.69, 9.17) is 13.8 Å². The first-order valence-corrected chi connectivity index (χ1v) is 16.4.